The Balaban J connectivity index is 1.21. The zero-order valence-electron chi connectivity index (χ0n) is 54.5. The van der Waals surface area contributed by atoms with Crippen LogP contribution in [-0.2, 0) is 69.8 Å². The van der Waals surface area contributed by atoms with Crippen molar-refractivity contribution >= 4 is 23.9 Å². The van der Waals surface area contributed by atoms with Gasteiger partial charge in [-0.2, -0.15) is 0 Å². The molecule has 0 fully saturated rings. The smallest absolute Gasteiger partial charge is 0.320 e. The van der Waals surface area contributed by atoms with E-state index in [4.69, 9.17) is 42.5 Å². The Kier molecular flexibility index (Phi) is 23.9. The Morgan fingerprint density at radius 2 is 0.775 bits per heavy atom. The van der Waals surface area contributed by atoms with E-state index in [1.165, 1.54) is 0 Å². The minimum atomic E-state index is -0.749. The Labute approximate surface area is 526 Å². The van der Waals surface area contributed by atoms with Crippen molar-refractivity contribution in [1.82, 2.24) is 30.0 Å². The summed E-state index contributed by atoms with van der Waals surface area (Å²) in [5.74, 6) is 0.0703. The number of ether oxygens (including phenoxy) is 5. The van der Waals surface area contributed by atoms with Gasteiger partial charge in [0.1, 0.15) is 39.7 Å². The highest BCUT2D eigenvalue weighted by atomic mass is 16.6. The first-order valence-corrected chi connectivity index (χ1v) is 30.7. The lowest BCUT2D eigenvalue weighted by Gasteiger charge is -2.37. The first kappa shape index (κ1) is 68.5. The van der Waals surface area contributed by atoms with E-state index in [1.54, 1.807) is 113 Å². The third-order valence-corrected chi connectivity index (χ3v) is 13.8. The van der Waals surface area contributed by atoms with Gasteiger partial charge >= 0.3 is 23.9 Å². The molecule has 1 N–H and O–H groups in total. The maximum absolute atomic E-state index is 13.4. The summed E-state index contributed by atoms with van der Waals surface area (Å²) in [6, 6.07) is 44.7. The molecule has 0 bridgehead atoms. The van der Waals surface area contributed by atoms with Gasteiger partial charge in [0, 0.05) is 37.3 Å². The molecule has 476 valence electrons. The maximum Gasteiger partial charge on any atom is 0.320 e. The summed E-state index contributed by atoms with van der Waals surface area (Å²) in [6.45, 7) is 23.2. The summed E-state index contributed by atoms with van der Waals surface area (Å²) in [7, 11) is 1.68. The summed E-state index contributed by atoms with van der Waals surface area (Å²) >= 11 is 0. The lowest BCUT2D eigenvalue weighted by atomic mass is 9.77. The van der Waals surface area contributed by atoms with E-state index in [-0.39, 0.29) is 39.3 Å². The number of unbranched alkanes of at least 4 members (excludes halogenated alkanes) is 3. The second kappa shape index (κ2) is 31.0. The van der Waals surface area contributed by atoms with Crippen LogP contribution in [0, 0.1) is 0 Å². The Hall–Kier alpha value is -7.96. The van der Waals surface area contributed by atoms with Gasteiger partial charge in [0.05, 0.1) is 74.1 Å². The summed E-state index contributed by atoms with van der Waals surface area (Å²) < 4.78 is 40.5. The number of aromatic nitrogens is 2. The number of esters is 4. The molecule has 4 aromatic heterocycles. The predicted molar refractivity (Wildman–Crippen MR) is 344 cm³/mol. The van der Waals surface area contributed by atoms with Crippen molar-refractivity contribution in [3.8, 4) is 28.4 Å². The molecule has 0 saturated heterocycles. The summed E-state index contributed by atoms with van der Waals surface area (Å²) in [6.07, 6.45) is 6.81. The van der Waals surface area contributed by atoms with Gasteiger partial charge in [-0.25, -0.2) is 0 Å². The number of benzene rings is 3. The molecule has 17 nitrogen and oxygen atoms in total. The van der Waals surface area contributed by atoms with Gasteiger partial charge in [-0.05, 0) is 186 Å². The second-order valence-electron chi connectivity index (χ2n) is 26.5. The van der Waals surface area contributed by atoms with Crippen LogP contribution >= 0.6 is 0 Å². The molecular formula is C72H92N6O11. The molecule has 0 spiro atoms. The van der Waals surface area contributed by atoms with Gasteiger partial charge < -0.3 is 32.5 Å². The number of pyridine rings is 2. The highest BCUT2D eigenvalue weighted by Gasteiger charge is 2.36. The molecule has 0 aliphatic heterocycles. The average Bonchev–Trinajstić information content (AvgIpc) is 1.18. The van der Waals surface area contributed by atoms with Crippen LogP contribution in [0.3, 0.4) is 0 Å². The molecule has 4 heterocycles. The predicted octanol–water partition coefficient (Wildman–Crippen LogP) is 13.1. The third-order valence-electron chi connectivity index (χ3n) is 13.8. The molecule has 0 radical (unpaired) electrons. The van der Waals surface area contributed by atoms with Crippen LogP contribution in [0.15, 0.2) is 155 Å². The van der Waals surface area contributed by atoms with Crippen LogP contribution < -0.4 is 10.1 Å². The zero-order chi connectivity index (χ0) is 64.4. The molecule has 0 amide bonds. The second-order valence-corrected chi connectivity index (χ2v) is 26.5. The maximum atomic E-state index is 13.4. The van der Waals surface area contributed by atoms with Gasteiger partial charge in [0.15, 0.2) is 0 Å². The van der Waals surface area contributed by atoms with Crippen LogP contribution in [0.2, 0.25) is 0 Å². The molecule has 7 rings (SSSR count). The molecule has 0 unspecified atom stereocenters. The van der Waals surface area contributed by atoms with Crippen molar-refractivity contribution in [2.45, 2.75) is 163 Å². The largest absolute Gasteiger partial charge is 0.497 e. The molecule has 0 aliphatic carbocycles. The summed E-state index contributed by atoms with van der Waals surface area (Å²) in [4.78, 5) is 70.0. The molecular weight excluding hydrogens is 1120 g/mol. The van der Waals surface area contributed by atoms with E-state index >= 15 is 0 Å². The fourth-order valence-electron chi connectivity index (χ4n) is 10.6. The molecule has 3 aromatic carbocycles. The van der Waals surface area contributed by atoms with Crippen molar-refractivity contribution in [2.75, 3.05) is 46.4 Å². The summed E-state index contributed by atoms with van der Waals surface area (Å²) in [5, 5.41) is 4.04. The average molecular weight is 1220 g/mol. The quantitative estimate of drug-likeness (QED) is 0.0194. The Bertz CT molecular complexity index is 3090. The van der Waals surface area contributed by atoms with Gasteiger partial charge in [-0.1, -0.05) is 85.6 Å². The van der Waals surface area contributed by atoms with Crippen molar-refractivity contribution in [1.29, 1.82) is 0 Å². The van der Waals surface area contributed by atoms with Crippen LogP contribution in [0.5, 0.6) is 5.75 Å². The summed E-state index contributed by atoms with van der Waals surface area (Å²) in [5.41, 5.74) is 3.89. The Morgan fingerprint density at radius 1 is 0.427 bits per heavy atom. The number of carbonyl (C=O) groups is 4. The van der Waals surface area contributed by atoms with E-state index in [2.05, 4.69) is 70.9 Å². The number of furan rings is 2. The number of rotatable bonds is 30. The van der Waals surface area contributed by atoms with E-state index in [0.717, 1.165) is 65.8 Å². The van der Waals surface area contributed by atoms with Crippen molar-refractivity contribution < 1.29 is 51.7 Å². The fraction of sp³-hybridized carbons (Fsp3) is 0.444. The van der Waals surface area contributed by atoms with E-state index in [1.807, 2.05) is 72.8 Å². The zero-order valence-corrected chi connectivity index (χ0v) is 54.5. The minimum Gasteiger partial charge on any atom is -0.497 e. The standard InChI is InChI=1S/C72H92N6O11/c1-68(2,3)86-64(79)48-77(49-65(80)87-69(4,5)6)46-59-42-52(62-30-24-38-84-62)40-57(74-59)44-76(37-23-15-14-22-36-73-72(54-26-18-16-19-27-54,55-28-20-17-21-29-55)56-32-34-61(83-13)35-33-56)45-58-41-53(63-31-25-39-85-63)43-60(75-58)47-78(50-66(81)88-70(7,8)9)51-67(82)89-71(10,11)12/h16-21,24-35,38-43,73H,14-15,22-23,36-37,44-51H2,1-13H3. The molecule has 17 heteroatoms. The van der Waals surface area contributed by atoms with Gasteiger partial charge in [-0.15, -0.1) is 0 Å². The number of nitrogens with zero attached hydrogens (tertiary/aromatic N) is 5. The van der Waals surface area contributed by atoms with E-state index in [0.29, 0.717) is 53.9 Å². The first-order chi connectivity index (χ1) is 42.1. The number of hydrogen-bond donors (Lipinski definition) is 1. The van der Waals surface area contributed by atoms with Gasteiger partial charge in [0.25, 0.3) is 0 Å². The first-order valence-electron chi connectivity index (χ1n) is 30.7. The van der Waals surface area contributed by atoms with Crippen LogP contribution in [0.1, 0.15) is 148 Å². The molecule has 7 aromatic rings. The number of hydrogen-bond acceptors (Lipinski definition) is 17. The molecule has 0 atom stereocenters. The lowest BCUT2D eigenvalue weighted by molar-refractivity contribution is -0.162. The van der Waals surface area contributed by atoms with Crippen molar-refractivity contribution in [3.63, 3.8) is 0 Å². The molecule has 0 aliphatic rings. The monoisotopic (exact) mass is 1220 g/mol. The number of methoxy groups -OCH3 is 1. The van der Waals surface area contributed by atoms with Crippen LogP contribution in [0.4, 0.5) is 0 Å². The topological polar surface area (TPSA) is 188 Å². The lowest BCUT2D eigenvalue weighted by Crippen LogP contribution is -2.45. The third kappa shape index (κ3) is 22.5. The fourth-order valence-corrected chi connectivity index (χ4v) is 10.6. The van der Waals surface area contributed by atoms with Crippen LogP contribution in [-0.4, -0.2) is 117 Å². The number of nitrogens with one attached hydrogen (secondary N) is 1. The van der Waals surface area contributed by atoms with E-state index < -0.39 is 51.8 Å². The highest BCUT2D eigenvalue weighted by Crippen LogP contribution is 2.38. The van der Waals surface area contributed by atoms with E-state index in [9.17, 15) is 19.2 Å². The molecule has 89 heavy (non-hydrogen) atoms. The minimum absolute atomic E-state index is 0.113. The SMILES string of the molecule is COc1ccc(C(NCCCCCCN(Cc2cc(-c3ccco3)cc(CN(CC(=O)OC(C)(C)C)CC(=O)OC(C)(C)C)n2)Cc2cc(-c3ccco3)cc(CN(CC(=O)OC(C)(C)C)CC(=O)OC(C)(C)C)n2)(c2ccccc2)c2ccccc2)cc1. The highest BCUT2D eigenvalue weighted by molar-refractivity contribution is 5.76. The normalized spacial score (nSPS) is 12.4. The Morgan fingerprint density at radius 3 is 1.11 bits per heavy atom. The van der Waals surface area contributed by atoms with Crippen LogP contribution in [0.25, 0.3) is 22.6 Å². The molecule has 0 saturated carbocycles. The number of carbonyl (C=O) groups excluding carboxylic acids is 4. The van der Waals surface area contributed by atoms with Crippen molar-refractivity contribution in [3.05, 3.63) is 185 Å². The van der Waals surface area contributed by atoms with Gasteiger partial charge in [0.2, 0.25) is 0 Å². The van der Waals surface area contributed by atoms with Gasteiger partial charge in [-0.3, -0.25) is 49.2 Å². The van der Waals surface area contributed by atoms with Crippen molar-refractivity contribution in [2.24, 2.45) is 0 Å².